The van der Waals surface area contributed by atoms with Crippen LogP contribution in [0.15, 0.2) is 0 Å². The first-order valence-corrected chi connectivity index (χ1v) is 8.04. The van der Waals surface area contributed by atoms with Crippen LogP contribution < -0.4 is 5.32 Å². The van der Waals surface area contributed by atoms with Gasteiger partial charge in [-0.25, -0.2) is 0 Å². The summed E-state index contributed by atoms with van der Waals surface area (Å²) in [7, 11) is 0. The normalized spacial score (nSPS) is 25.2. The minimum Gasteiger partial charge on any atom is -0.355 e. The number of alkyl halides is 1. The quantitative estimate of drug-likeness (QED) is 0.756. The molecule has 3 heteroatoms. The van der Waals surface area contributed by atoms with Crippen molar-refractivity contribution in [2.75, 3.05) is 12.4 Å². The molecule has 0 radical (unpaired) electrons. The average molecular weight is 272 g/mol. The Morgan fingerprint density at radius 1 is 1.11 bits per heavy atom. The highest BCUT2D eigenvalue weighted by Gasteiger charge is 2.41. The van der Waals surface area contributed by atoms with Crippen LogP contribution in [0.5, 0.6) is 0 Å². The highest BCUT2D eigenvalue weighted by molar-refractivity contribution is 6.18. The molecule has 104 valence electrons. The maximum Gasteiger partial charge on any atom is 0.226 e. The van der Waals surface area contributed by atoms with Crippen LogP contribution >= 0.6 is 11.6 Å². The number of hydrogen-bond donors (Lipinski definition) is 1. The van der Waals surface area contributed by atoms with Crippen molar-refractivity contribution in [3.63, 3.8) is 0 Å². The molecule has 0 unspecified atom stereocenters. The number of carbonyl (C=O) groups excluding carboxylic acids is 1. The molecule has 0 aliphatic heterocycles. The van der Waals surface area contributed by atoms with Gasteiger partial charge < -0.3 is 5.32 Å². The first kappa shape index (κ1) is 14.2. The van der Waals surface area contributed by atoms with Gasteiger partial charge in [-0.2, -0.15) is 0 Å². The maximum absolute atomic E-state index is 12.5. The summed E-state index contributed by atoms with van der Waals surface area (Å²) in [6, 6.07) is 0. The van der Waals surface area contributed by atoms with Crippen molar-refractivity contribution < 1.29 is 4.79 Å². The maximum atomic E-state index is 12.5. The Hall–Kier alpha value is -0.240. The van der Waals surface area contributed by atoms with Crippen LogP contribution in [-0.4, -0.2) is 18.3 Å². The predicted molar refractivity (Wildman–Crippen MR) is 75.8 cm³/mol. The highest BCUT2D eigenvalue weighted by Crippen LogP contribution is 2.42. The fourth-order valence-electron chi connectivity index (χ4n) is 3.73. The van der Waals surface area contributed by atoms with Crippen molar-refractivity contribution in [2.45, 2.75) is 64.7 Å². The lowest BCUT2D eigenvalue weighted by Crippen LogP contribution is -2.44. The first-order valence-electron chi connectivity index (χ1n) is 7.51. The van der Waals surface area contributed by atoms with Crippen molar-refractivity contribution in [1.29, 1.82) is 0 Å². The molecular weight excluding hydrogens is 246 g/mol. The second-order valence-corrected chi connectivity index (χ2v) is 6.63. The fourth-order valence-corrected chi connectivity index (χ4v) is 4.09. The van der Waals surface area contributed by atoms with Crippen molar-refractivity contribution in [2.24, 2.45) is 10.8 Å². The fraction of sp³-hybridized carbons (Fsp3) is 0.933. The molecule has 2 fully saturated rings. The van der Waals surface area contributed by atoms with Gasteiger partial charge in [0.2, 0.25) is 5.91 Å². The molecule has 2 saturated carbocycles. The minimum atomic E-state index is -0.0634. The van der Waals surface area contributed by atoms with E-state index in [1.807, 2.05) is 0 Å². The number of amides is 1. The van der Waals surface area contributed by atoms with Crippen LogP contribution in [-0.2, 0) is 4.79 Å². The summed E-state index contributed by atoms with van der Waals surface area (Å²) >= 11 is 6.12. The molecule has 0 spiro atoms. The topological polar surface area (TPSA) is 29.1 Å². The highest BCUT2D eigenvalue weighted by atomic mass is 35.5. The zero-order valence-corrected chi connectivity index (χ0v) is 12.3. The molecular formula is C15H26ClNO. The van der Waals surface area contributed by atoms with Crippen LogP contribution in [0.4, 0.5) is 0 Å². The molecule has 1 amide bonds. The molecule has 0 bridgehead atoms. The van der Waals surface area contributed by atoms with E-state index in [-0.39, 0.29) is 10.8 Å². The first-order chi connectivity index (χ1) is 8.66. The van der Waals surface area contributed by atoms with Crippen LogP contribution in [0.2, 0.25) is 0 Å². The Kier molecular flexibility index (Phi) is 4.58. The van der Waals surface area contributed by atoms with Gasteiger partial charge in [0.05, 0.1) is 0 Å². The van der Waals surface area contributed by atoms with Gasteiger partial charge in [0.1, 0.15) is 0 Å². The predicted octanol–water partition coefficient (Wildman–Crippen LogP) is 3.87. The van der Waals surface area contributed by atoms with Gasteiger partial charge >= 0.3 is 0 Å². The summed E-state index contributed by atoms with van der Waals surface area (Å²) in [5.74, 6) is 0.978. The van der Waals surface area contributed by atoms with E-state index in [0.29, 0.717) is 11.8 Å². The summed E-state index contributed by atoms with van der Waals surface area (Å²) < 4.78 is 0. The molecule has 0 saturated heterocycles. The second kappa shape index (κ2) is 5.81. The number of nitrogens with one attached hydrogen (secondary N) is 1. The summed E-state index contributed by atoms with van der Waals surface area (Å²) in [4.78, 5) is 12.5. The smallest absolute Gasteiger partial charge is 0.226 e. The van der Waals surface area contributed by atoms with E-state index in [4.69, 9.17) is 11.6 Å². The van der Waals surface area contributed by atoms with Crippen LogP contribution in [0, 0.1) is 10.8 Å². The molecule has 2 rings (SSSR count). The van der Waals surface area contributed by atoms with E-state index >= 15 is 0 Å². The lowest BCUT2D eigenvalue weighted by molar-refractivity contribution is -0.131. The largest absolute Gasteiger partial charge is 0.355 e. The van der Waals surface area contributed by atoms with E-state index in [1.165, 1.54) is 38.5 Å². The Morgan fingerprint density at radius 3 is 2.17 bits per heavy atom. The summed E-state index contributed by atoms with van der Waals surface area (Å²) in [6.07, 6.45) is 10.4. The van der Waals surface area contributed by atoms with Crippen molar-refractivity contribution in [1.82, 2.24) is 5.32 Å². The molecule has 0 aromatic rings. The van der Waals surface area contributed by atoms with E-state index in [2.05, 4.69) is 12.2 Å². The molecule has 2 nitrogen and oxygen atoms in total. The van der Waals surface area contributed by atoms with Crippen molar-refractivity contribution >= 4 is 17.5 Å². The average Bonchev–Trinajstić information content (AvgIpc) is 3.06. The zero-order chi connectivity index (χ0) is 13.1. The molecule has 18 heavy (non-hydrogen) atoms. The summed E-state index contributed by atoms with van der Waals surface area (Å²) in [5, 5.41) is 3.23. The lowest BCUT2D eigenvalue weighted by atomic mass is 9.81. The van der Waals surface area contributed by atoms with E-state index in [0.717, 1.165) is 25.8 Å². The zero-order valence-electron chi connectivity index (χ0n) is 11.6. The van der Waals surface area contributed by atoms with Gasteiger partial charge in [-0.3, -0.25) is 4.79 Å². The van der Waals surface area contributed by atoms with Gasteiger partial charge in [0.15, 0.2) is 0 Å². The molecule has 0 aromatic carbocycles. The SMILES string of the molecule is CCC1(C(=O)NCC2(CCl)CCCC2)CCCC1. The standard InChI is InChI=1S/C15H26ClNO/c1-2-15(9-5-6-10-15)13(18)17-12-14(11-16)7-3-4-8-14/h2-12H2,1H3,(H,17,18). The lowest BCUT2D eigenvalue weighted by Gasteiger charge is -2.31. The Morgan fingerprint density at radius 2 is 1.67 bits per heavy atom. The molecule has 2 aliphatic rings. The number of halogens is 1. The molecule has 0 aromatic heterocycles. The third kappa shape index (κ3) is 2.68. The van der Waals surface area contributed by atoms with E-state index in [9.17, 15) is 4.79 Å². The number of hydrogen-bond acceptors (Lipinski definition) is 1. The molecule has 1 N–H and O–H groups in total. The van der Waals surface area contributed by atoms with Crippen molar-refractivity contribution in [3.8, 4) is 0 Å². The third-order valence-electron chi connectivity index (χ3n) is 5.29. The monoisotopic (exact) mass is 271 g/mol. The van der Waals surface area contributed by atoms with Gasteiger partial charge in [0.25, 0.3) is 0 Å². The summed E-state index contributed by atoms with van der Waals surface area (Å²) in [6.45, 7) is 2.94. The van der Waals surface area contributed by atoms with Gasteiger partial charge in [-0.1, -0.05) is 32.6 Å². The van der Waals surface area contributed by atoms with Crippen molar-refractivity contribution in [3.05, 3.63) is 0 Å². The third-order valence-corrected chi connectivity index (χ3v) is 5.86. The Bertz CT molecular complexity index is 291. The summed E-state index contributed by atoms with van der Waals surface area (Å²) in [5.41, 5.74) is 0.122. The van der Waals surface area contributed by atoms with E-state index in [1.54, 1.807) is 0 Å². The van der Waals surface area contributed by atoms with Gasteiger partial charge in [-0.05, 0) is 32.1 Å². The Labute approximate surface area is 116 Å². The number of rotatable bonds is 5. The molecule has 0 atom stereocenters. The van der Waals surface area contributed by atoms with E-state index < -0.39 is 0 Å². The van der Waals surface area contributed by atoms with Crippen LogP contribution in [0.1, 0.15) is 64.7 Å². The van der Waals surface area contributed by atoms with Gasteiger partial charge in [0, 0.05) is 23.3 Å². The molecule has 0 heterocycles. The van der Waals surface area contributed by atoms with Crippen LogP contribution in [0.3, 0.4) is 0 Å². The minimum absolute atomic E-state index is 0.0634. The molecule has 2 aliphatic carbocycles. The van der Waals surface area contributed by atoms with Gasteiger partial charge in [-0.15, -0.1) is 11.6 Å². The second-order valence-electron chi connectivity index (χ2n) is 6.36. The number of carbonyl (C=O) groups is 1. The Balaban J connectivity index is 1.91. The van der Waals surface area contributed by atoms with Crippen LogP contribution in [0.25, 0.3) is 0 Å².